The Kier molecular flexibility index (Phi) is 6.37. The molecule has 0 aliphatic rings. The van der Waals surface area contributed by atoms with Crippen LogP contribution in [0.4, 0.5) is 5.82 Å². The maximum absolute atomic E-state index is 6.05. The average molecular weight is 272 g/mol. The third kappa shape index (κ3) is 4.56. The Morgan fingerprint density at radius 3 is 2.88 bits per heavy atom. The number of rotatable bonds is 7. The summed E-state index contributed by atoms with van der Waals surface area (Å²) in [4.78, 5) is 8.64. The van der Waals surface area contributed by atoms with Gasteiger partial charge in [-0.05, 0) is 6.92 Å². The molecule has 0 fully saturated rings. The fourth-order valence-corrected chi connectivity index (χ4v) is 2.04. The van der Waals surface area contributed by atoms with E-state index >= 15 is 0 Å². The molecular formula is C12H18ClN3S. The van der Waals surface area contributed by atoms with Crippen molar-refractivity contribution in [3.63, 3.8) is 0 Å². The maximum atomic E-state index is 6.05. The molecule has 0 unspecified atom stereocenters. The van der Waals surface area contributed by atoms with E-state index in [9.17, 15) is 0 Å². The summed E-state index contributed by atoms with van der Waals surface area (Å²) in [5.74, 6) is 3.63. The molecule has 1 rings (SSSR count). The molecule has 1 N–H and O–H groups in total. The van der Waals surface area contributed by atoms with Crippen LogP contribution in [0.15, 0.2) is 12.7 Å². The molecule has 0 radical (unpaired) electrons. The minimum atomic E-state index is 0.540. The fourth-order valence-electron chi connectivity index (χ4n) is 1.27. The molecule has 94 valence electrons. The summed E-state index contributed by atoms with van der Waals surface area (Å²) in [6.07, 6.45) is 2.70. The van der Waals surface area contributed by atoms with Gasteiger partial charge < -0.3 is 5.32 Å². The van der Waals surface area contributed by atoms with Crippen LogP contribution in [0.2, 0.25) is 5.15 Å². The number of thioether (sulfide) groups is 1. The molecule has 0 aliphatic heterocycles. The van der Waals surface area contributed by atoms with Gasteiger partial charge in [-0.1, -0.05) is 24.6 Å². The zero-order valence-electron chi connectivity index (χ0n) is 10.3. The van der Waals surface area contributed by atoms with Gasteiger partial charge in [0.15, 0.2) is 0 Å². The van der Waals surface area contributed by atoms with E-state index < -0.39 is 0 Å². The number of halogens is 1. The predicted molar refractivity (Wildman–Crippen MR) is 77.2 cm³/mol. The van der Waals surface area contributed by atoms with Crippen molar-refractivity contribution in [2.75, 3.05) is 23.4 Å². The highest BCUT2D eigenvalue weighted by molar-refractivity contribution is 7.99. The first-order valence-electron chi connectivity index (χ1n) is 5.64. The van der Waals surface area contributed by atoms with Crippen LogP contribution >= 0.6 is 23.4 Å². The third-order valence-electron chi connectivity index (χ3n) is 2.22. The van der Waals surface area contributed by atoms with Gasteiger partial charge >= 0.3 is 0 Å². The Bertz CT molecular complexity index is 382. The zero-order valence-corrected chi connectivity index (χ0v) is 11.9. The summed E-state index contributed by atoms with van der Waals surface area (Å²) < 4.78 is 0. The van der Waals surface area contributed by atoms with E-state index in [4.69, 9.17) is 11.6 Å². The normalized spacial score (nSPS) is 10.3. The van der Waals surface area contributed by atoms with Gasteiger partial charge in [0.2, 0.25) is 0 Å². The van der Waals surface area contributed by atoms with Crippen LogP contribution in [0.5, 0.6) is 0 Å². The van der Waals surface area contributed by atoms with Gasteiger partial charge in [0.1, 0.15) is 16.8 Å². The lowest BCUT2D eigenvalue weighted by atomic mass is 10.3. The molecule has 17 heavy (non-hydrogen) atoms. The molecule has 1 aromatic heterocycles. The van der Waals surface area contributed by atoms with Crippen LogP contribution < -0.4 is 5.32 Å². The van der Waals surface area contributed by atoms with Gasteiger partial charge in [-0.3, -0.25) is 0 Å². The SMILES string of the molecule is C=CCSCCNc1nc(CC)nc(Cl)c1C. The number of nitrogens with one attached hydrogen (secondary N) is 1. The monoisotopic (exact) mass is 271 g/mol. The van der Waals surface area contributed by atoms with Gasteiger partial charge in [0, 0.05) is 30.0 Å². The van der Waals surface area contributed by atoms with E-state index in [0.29, 0.717) is 5.15 Å². The largest absolute Gasteiger partial charge is 0.369 e. The van der Waals surface area contributed by atoms with E-state index in [1.165, 1.54) is 0 Å². The predicted octanol–water partition coefficient (Wildman–Crippen LogP) is 3.33. The second-order valence-electron chi connectivity index (χ2n) is 3.55. The molecule has 3 nitrogen and oxygen atoms in total. The molecule has 1 aromatic rings. The number of hydrogen-bond acceptors (Lipinski definition) is 4. The summed E-state index contributed by atoms with van der Waals surface area (Å²) in [6, 6.07) is 0. The number of anilines is 1. The summed E-state index contributed by atoms with van der Waals surface area (Å²) in [5.41, 5.74) is 0.914. The van der Waals surface area contributed by atoms with Crippen LogP contribution in [0.3, 0.4) is 0 Å². The van der Waals surface area contributed by atoms with Crippen LogP contribution in [0.1, 0.15) is 18.3 Å². The van der Waals surface area contributed by atoms with E-state index in [1.807, 2.05) is 31.7 Å². The van der Waals surface area contributed by atoms with Crippen LogP contribution in [0.25, 0.3) is 0 Å². The lowest BCUT2D eigenvalue weighted by molar-refractivity contribution is 0.926. The van der Waals surface area contributed by atoms with Crippen molar-refractivity contribution in [1.82, 2.24) is 9.97 Å². The second-order valence-corrected chi connectivity index (χ2v) is 5.06. The first kappa shape index (κ1) is 14.3. The fraction of sp³-hybridized carbons (Fsp3) is 0.500. The molecule has 5 heteroatoms. The van der Waals surface area contributed by atoms with Crippen molar-refractivity contribution in [2.45, 2.75) is 20.3 Å². The van der Waals surface area contributed by atoms with Crippen molar-refractivity contribution in [3.05, 3.63) is 29.2 Å². The highest BCUT2D eigenvalue weighted by Crippen LogP contribution is 2.19. The van der Waals surface area contributed by atoms with E-state index in [2.05, 4.69) is 21.9 Å². The Balaban J connectivity index is 2.57. The minimum Gasteiger partial charge on any atom is -0.369 e. The summed E-state index contributed by atoms with van der Waals surface area (Å²) in [7, 11) is 0. The highest BCUT2D eigenvalue weighted by Gasteiger charge is 2.07. The summed E-state index contributed by atoms with van der Waals surface area (Å²) in [5, 5.41) is 3.84. The zero-order chi connectivity index (χ0) is 12.7. The van der Waals surface area contributed by atoms with Gasteiger partial charge in [-0.25, -0.2) is 9.97 Å². The Morgan fingerprint density at radius 1 is 1.47 bits per heavy atom. The average Bonchev–Trinajstić information content (AvgIpc) is 2.33. The van der Waals surface area contributed by atoms with Crippen LogP contribution in [-0.2, 0) is 6.42 Å². The molecule has 0 aromatic carbocycles. The summed E-state index contributed by atoms with van der Waals surface area (Å²) >= 11 is 7.89. The van der Waals surface area contributed by atoms with E-state index in [0.717, 1.165) is 41.7 Å². The molecule has 1 heterocycles. The van der Waals surface area contributed by atoms with Gasteiger partial charge in [-0.2, -0.15) is 11.8 Å². The van der Waals surface area contributed by atoms with Crippen LogP contribution in [0, 0.1) is 6.92 Å². The number of hydrogen-bond donors (Lipinski definition) is 1. The first-order chi connectivity index (χ1) is 8.19. The van der Waals surface area contributed by atoms with Crippen molar-refractivity contribution in [1.29, 1.82) is 0 Å². The third-order valence-corrected chi connectivity index (χ3v) is 3.56. The molecule has 0 bridgehead atoms. The lowest BCUT2D eigenvalue weighted by Gasteiger charge is -2.10. The smallest absolute Gasteiger partial charge is 0.137 e. The first-order valence-corrected chi connectivity index (χ1v) is 7.17. The van der Waals surface area contributed by atoms with Crippen molar-refractivity contribution in [3.8, 4) is 0 Å². The lowest BCUT2D eigenvalue weighted by Crippen LogP contribution is -2.10. The number of aryl methyl sites for hydroxylation is 1. The molecule has 0 saturated heterocycles. The van der Waals surface area contributed by atoms with Crippen molar-refractivity contribution in [2.24, 2.45) is 0 Å². The topological polar surface area (TPSA) is 37.8 Å². The molecule has 0 atom stereocenters. The van der Waals surface area contributed by atoms with Crippen molar-refractivity contribution >= 4 is 29.2 Å². The van der Waals surface area contributed by atoms with Crippen LogP contribution in [-0.4, -0.2) is 28.0 Å². The molecule has 0 spiro atoms. The number of aromatic nitrogens is 2. The summed E-state index contributed by atoms with van der Waals surface area (Å²) in [6.45, 7) is 8.51. The minimum absolute atomic E-state index is 0.540. The Hall–Kier alpha value is -0.740. The van der Waals surface area contributed by atoms with E-state index in [-0.39, 0.29) is 0 Å². The van der Waals surface area contributed by atoms with Gasteiger partial charge in [-0.15, -0.1) is 6.58 Å². The quantitative estimate of drug-likeness (QED) is 0.469. The van der Waals surface area contributed by atoms with Crippen molar-refractivity contribution < 1.29 is 0 Å². The molecule has 0 aliphatic carbocycles. The molecule has 0 amide bonds. The standard InChI is InChI=1S/C12H18ClN3S/c1-4-7-17-8-6-14-12-9(3)11(13)15-10(5-2)16-12/h4H,1,5-8H2,2-3H3,(H,14,15,16). The molecule has 0 saturated carbocycles. The highest BCUT2D eigenvalue weighted by atomic mass is 35.5. The second kappa shape index (κ2) is 7.56. The molecular weight excluding hydrogens is 254 g/mol. The maximum Gasteiger partial charge on any atom is 0.137 e. The van der Waals surface area contributed by atoms with Gasteiger partial charge in [0.05, 0.1) is 0 Å². The Morgan fingerprint density at radius 2 is 2.24 bits per heavy atom. The van der Waals surface area contributed by atoms with Gasteiger partial charge in [0.25, 0.3) is 0 Å². The Labute approximate surface area is 112 Å². The number of nitrogens with zero attached hydrogens (tertiary/aromatic N) is 2. The van der Waals surface area contributed by atoms with E-state index in [1.54, 1.807) is 0 Å².